The van der Waals surface area contributed by atoms with Crippen molar-refractivity contribution in [1.82, 2.24) is 19.9 Å². The molecule has 0 saturated carbocycles. The third kappa shape index (κ3) is 20.8. The fourth-order valence-corrected chi connectivity index (χ4v) is 15.5. The van der Waals surface area contributed by atoms with Crippen molar-refractivity contribution in [3.05, 3.63) is 497 Å². The minimum atomic E-state index is 0. The topological polar surface area (TPSA) is 64.5 Å². The van der Waals surface area contributed by atoms with E-state index < -0.39 is 0 Å². The number of hydrogen-bond donors (Lipinski definition) is 0. The van der Waals surface area contributed by atoms with Gasteiger partial charge in [-0.1, -0.05) is 266 Å². The first-order valence-corrected chi connectivity index (χ1v) is 40.9. The molecule has 4 radical (unpaired) electrons. The Morgan fingerprint density at radius 2 is 0.429 bits per heavy atom. The molecule has 0 spiro atoms. The van der Waals surface area contributed by atoms with E-state index in [-0.39, 0.29) is 80.4 Å². The molecule has 4 aromatic heterocycles. The van der Waals surface area contributed by atoms with Crippen LogP contribution in [0.2, 0.25) is 0 Å². The van der Waals surface area contributed by atoms with E-state index in [1.54, 1.807) is 0 Å². The third-order valence-corrected chi connectivity index (χ3v) is 21.5. The molecule has 0 aliphatic carbocycles. The Morgan fingerprint density at radius 3 is 0.754 bits per heavy atom. The van der Waals surface area contributed by atoms with Crippen LogP contribution in [0.5, 0.6) is 0 Å². The second-order valence-corrected chi connectivity index (χ2v) is 29.6. The number of nitrogens with zero attached hydrogens (tertiary/aromatic N) is 8. The van der Waals surface area contributed by atoms with Gasteiger partial charge in [0.1, 0.15) is 0 Å². The number of aromatic nitrogens is 4. The average molecular weight is 2330 g/mol. The quantitative estimate of drug-likeness (QED) is 0.0887. The van der Waals surface area contributed by atoms with Gasteiger partial charge < -0.3 is 39.5 Å². The Hall–Kier alpha value is -13.6. The van der Waals surface area contributed by atoms with E-state index in [4.69, 9.17) is 0 Å². The number of aryl methyl sites for hydroxylation is 2. The van der Waals surface area contributed by atoms with Crippen LogP contribution in [-0.2, 0) is 80.4 Å². The van der Waals surface area contributed by atoms with Crippen molar-refractivity contribution in [2.75, 3.05) is 19.6 Å². The number of anilines is 12. The molecule has 21 aromatic rings. The van der Waals surface area contributed by atoms with Gasteiger partial charge in [0.25, 0.3) is 0 Å². The van der Waals surface area contributed by atoms with E-state index in [0.717, 1.165) is 113 Å². The van der Waals surface area contributed by atoms with Crippen LogP contribution < -0.4 is 19.6 Å². The molecule has 12 heteroatoms. The van der Waals surface area contributed by atoms with Gasteiger partial charge in [-0.3, -0.25) is 0 Å². The second kappa shape index (κ2) is 42.7. The summed E-state index contributed by atoms with van der Waals surface area (Å²) in [4.78, 5) is 27.2. The van der Waals surface area contributed by atoms with Gasteiger partial charge in [0.15, 0.2) is 0 Å². The van der Waals surface area contributed by atoms with Crippen LogP contribution in [0, 0.1) is 38.1 Å². The van der Waals surface area contributed by atoms with Gasteiger partial charge >= 0.3 is 0 Å². The number of benzene rings is 17. The number of rotatable bonds is 16. The van der Waals surface area contributed by atoms with Crippen molar-refractivity contribution in [3.8, 4) is 45.0 Å². The first-order chi connectivity index (χ1) is 60.3. The van der Waals surface area contributed by atoms with Crippen molar-refractivity contribution in [3.63, 3.8) is 0 Å². The van der Waals surface area contributed by atoms with E-state index >= 15 is 0 Å². The Balaban J connectivity index is 0.000000135. The van der Waals surface area contributed by atoms with Crippen molar-refractivity contribution in [2.24, 2.45) is 0 Å². The zero-order chi connectivity index (χ0) is 82.2. The zero-order valence-electron chi connectivity index (χ0n) is 68.8. The molecular formula is C114H82Ir4N8-4. The maximum Gasteiger partial charge on any atom is 0.0522 e. The standard InChI is InChI=1S/2C31H21N2.C27H19N2.C25H21N2.4Ir/c1-3-16-27-23(10-1)12-8-19-30(27)33(31-20-9-13-24-11-2-4-17-28(24)31)26-15-7-14-25(22-26)29-18-5-6-21-32-29;1-3-10-25-20-29(17-15-23(25)8-1)33(30-18-16-24-9-2-4-11-26(24)21-30)28-13-7-12-27(22-28)31-14-5-6-19-32-31;1-2-12-24(13-3-1)29(26-17-16-21-9-4-5-10-22(21)19-26)25-14-8-11-23(20-25)27-15-6-7-18-28-27;1-19-9-13-22(14-10-19)27(23-15-11-20(2)12-16-23)24-7-5-6-21(18-24)25-8-3-4-17-26-25;;;;/h1-13,15-22H;1-11,13-22H;1-10,12-20H;3-5,7-18H,1-2H3;;;;/q4*-1;;;;. The molecule has 21 rings (SSSR count). The molecule has 618 valence electrons. The van der Waals surface area contributed by atoms with Crippen molar-refractivity contribution >= 4 is 122 Å². The van der Waals surface area contributed by atoms with Crippen LogP contribution >= 0.6 is 0 Å². The van der Waals surface area contributed by atoms with Gasteiger partial charge in [-0.25, -0.2) is 0 Å². The summed E-state index contributed by atoms with van der Waals surface area (Å²) in [7, 11) is 0. The van der Waals surface area contributed by atoms with E-state index in [9.17, 15) is 0 Å². The molecule has 8 nitrogen and oxygen atoms in total. The third-order valence-electron chi connectivity index (χ3n) is 21.5. The Labute approximate surface area is 790 Å². The molecule has 4 heterocycles. The zero-order valence-corrected chi connectivity index (χ0v) is 78.4. The smallest absolute Gasteiger partial charge is 0.0522 e. The summed E-state index contributed by atoms with van der Waals surface area (Å²) in [6.07, 6.45) is 7.27. The summed E-state index contributed by atoms with van der Waals surface area (Å²) in [6, 6.07) is 165. The van der Waals surface area contributed by atoms with Crippen LogP contribution in [0.1, 0.15) is 11.1 Å². The van der Waals surface area contributed by atoms with Crippen LogP contribution in [0.4, 0.5) is 68.2 Å². The van der Waals surface area contributed by atoms with Gasteiger partial charge in [0.2, 0.25) is 0 Å². The maximum absolute atomic E-state index is 4.55. The van der Waals surface area contributed by atoms with E-state index in [1.807, 2.05) is 128 Å². The molecule has 126 heavy (non-hydrogen) atoms. The average Bonchev–Trinajstić information content (AvgIpc) is 0.737. The van der Waals surface area contributed by atoms with Gasteiger partial charge in [-0.05, 0) is 212 Å². The minimum absolute atomic E-state index is 0. The van der Waals surface area contributed by atoms with E-state index in [2.05, 4.69) is 411 Å². The Morgan fingerprint density at radius 1 is 0.183 bits per heavy atom. The minimum Gasteiger partial charge on any atom is -0.328 e. The normalized spacial score (nSPS) is 10.5. The monoisotopic (exact) mass is 2330 g/mol. The van der Waals surface area contributed by atoms with Crippen LogP contribution in [0.3, 0.4) is 0 Å². The van der Waals surface area contributed by atoms with Crippen molar-refractivity contribution in [2.45, 2.75) is 13.8 Å². The van der Waals surface area contributed by atoms with Gasteiger partial charge in [0, 0.05) is 150 Å². The largest absolute Gasteiger partial charge is 0.328 e. The number of hydrogen-bond acceptors (Lipinski definition) is 8. The summed E-state index contributed by atoms with van der Waals surface area (Å²) in [6.45, 7) is 4.22. The molecular weight excluding hydrogens is 2250 g/mol. The second-order valence-electron chi connectivity index (χ2n) is 29.6. The molecule has 0 fully saturated rings. The summed E-state index contributed by atoms with van der Waals surface area (Å²) >= 11 is 0. The molecule has 0 N–H and O–H groups in total. The molecule has 0 aliphatic heterocycles. The summed E-state index contributed by atoms with van der Waals surface area (Å²) in [5, 5.41) is 12.2. The van der Waals surface area contributed by atoms with Crippen LogP contribution in [-0.4, -0.2) is 19.9 Å². The molecule has 0 bridgehead atoms. The fraction of sp³-hybridized carbons (Fsp3) is 0.0175. The molecule has 0 atom stereocenters. The predicted octanol–water partition coefficient (Wildman–Crippen LogP) is 30.4. The predicted molar refractivity (Wildman–Crippen MR) is 510 cm³/mol. The van der Waals surface area contributed by atoms with Gasteiger partial charge in [-0.15, -0.1) is 119 Å². The first kappa shape index (κ1) is 88.7. The number of para-hydroxylation sites is 1. The molecule has 0 unspecified atom stereocenters. The maximum atomic E-state index is 4.55. The molecule has 17 aromatic carbocycles. The van der Waals surface area contributed by atoms with Crippen LogP contribution in [0.25, 0.3) is 98.9 Å². The summed E-state index contributed by atoms with van der Waals surface area (Å²) < 4.78 is 0. The Bertz CT molecular complexity index is 6930. The van der Waals surface area contributed by atoms with E-state index in [0.29, 0.717) is 0 Å². The summed E-state index contributed by atoms with van der Waals surface area (Å²) in [5.41, 5.74) is 23.4. The molecule has 0 amide bonds. The number of pyridine rings is 4. The number of fused-ring (bicyclic) bond motifs is 5. The fourth-order valence-electron chi connectivity index (χ4n) is 15.5. The summed E-state index contributed by atoms with van der Waals surface area (Å²) in [5.74, 6) is 0. The van der Waals surface area contributed by atoms with Crippen molar-refractivity contribution < 1.29 is 80.4 Å². The Kier molecular flexibility index (Phi) is 30.1. The van der Waals surface area contributed by atoms with Crippen molar-refractivity contribution in [1.29, 1.82) is 0 Å². The van der Waals surface area contributed by atoms with E-state index in [1.165, 1.54) is 65.0 Å². The van der Waals surface area contributed by atoms with Gasteiger partial charge in [-0.2, -0.15) is 0 Å². The SMILES string of the molecule is Cc1ccc(N(c2ccc(C)cc2)c2cc[c-]c(-c3ccccn3)c2)cc1.[Ir].[Ir].[Ir].[Ir].[c-]1ccc(N(c2ccc3ccccc3c2)c2ccc3ccccc3c2)cc1-c1ccccn1.[c-]1ccc(N(c2cccc3ccccc23)c2cccc3ccccc23)cc1-c1ccccn1.[c-]1ccc(N(c2ccccc2)c2ccc3ccccc3c2)cc1-c1ccccn1. The van der Waals surface area contributed by atoms with Crippen LogP contribution in [0.15, 0.2) is 462 Å². The molecule has 0 aliphatic rings. The first-order valence-electron chi connectivity index (χ1n) is 40.9. The van der Waals surface area contributed by atoms with Gasteiger partial charge in [0.05, 0.1) is 11.4 Å². The molecule has 0 saturated heterocycles.